The molecule has 1 atom stereocenters. The van der Waals surface area contributed by atoms with Crippen molar-refractivity contribution in [2.75, 3.05) is 12.0 Å². The average Bonchev–Trinajstić information content (AvgIpc) is 2.67. The molecule has 0 spiro atoms. The van der Waals surface area contributed by atoms with Gasteiger partial charge in [-0.2, -0.15) is 13.2 Å². The number of aromatic nitrogens is 1. The predicted octanol–water partition coefficient (Wildman–Crippen LogP) is 2.61. The number of anilines is 1. The van der Waals surface area contributed by atoms with Crippen LogP contribution in [0.1, 0.15) is 24.1 Å². The summed E-state index contributed by atoms with van der Waals surface area (Å²) in [5.41, 5.74) is -0.0270. The van der Waals surface area contributed by atoms with Crippen molar-refractivity contribution in [3.05, 3.63) is 65.0 Å². The Morgan fingerprint density at radius 3 is 2.59 bits per heavy atom. The van der Waals surface area contributed by atoms with Crippen LogP contribution in [-0.2, 0) is 15.7 Å². The molecule has 1 aliphatic heterocycles. The Hall–Kier alpha value is -3.30. The van der Waals surface area contributed by atoms with Crippen molar-refractivity contribution in [2.24, 2.45) is 0 Å². The smallest absolute Gasteiger partial charge is 0.416 e. The third-order valence-electron chi connectivity index (χ3n) is 4.46. The van der Waals surface area contributed by atoms with Crippen molar-refractivity contribution in [1.82, 2.24) is 10.3 Å². The van der Waals surface area contributed by atoms with Gasteiger partial charge in [0.2, 0.25) is 0 Å². The number of amides is 2. The SMILES string of the molecule is [B]c1ccc(C2NC(=O)N(c3cccc(C(F)(F)F)c3)C(C)=C2C(=O)OC)cn1. The summed E-state index contributed by atoms with van der Waals surface area (Å²) >= 11 is 0. The summed E-state index contributed by atoms with van der Waals surface area (Å²) in [7, 11) is 6.75. The van der Waals surface area contributed by atoms with E-state index >= 15 is 0 Å². The van der Waals surface area contributed by atoms with Crippen LogP contribution in [0.2, 0.25) is 0 Å². The fourth-order valence-corrected chi connectivity index (χ4v) is 3.09. The van der Waals surface area contributed by atoms with E-state index in [0.29, 0.717) is 5.56 Å². The number of carbonyl (C=O) groups excluding carboxylic acids is 2. The van der Waals surface area contributed by atoms with Gasteiger partial charge in [0.1, 0.15) is 7.85 Å². The topological polar surface area (TPSA) is 71.5 Å². The van der Waals surface area contributed by atoms with E-state index in [0.717, 1.165) is 17.0 Å². The van der Waals surface area contributed by atoms with Crippen molar-refractivity contribution in [3.8, 4) is 0 Å². The van der Waals surface area contributed by atoms with Crippen LogP contribution in [0.15, 0.2) is 53.9 Å². The maximum atomic E-state index is 13.1. The van der Waals surface area contributed by atoms with Crippen LogP contribution in [0.5, 0.6) is 0 Å². The van der Waals surface area contributed by atoms with E-state index in [4.69, 9.17) is 12.6 Å². The molecule has 2 heterocycles. The Morgan fingerprint density at radius 1 is 1.28 bits per heavy atom. The van der Waals surface area contributed by atoms with Crippen LogP contribution in [-0.4, -0.2) is 31.9 Å². The van der Waals surface area contributed by atoms with E-state index in [9.17, 15) is 22.8 Å². The quantitative estimate of drug-likeness (QED) is 0.634. The molecule has 1 aromatic heterocycles. The van der Waals surface area contributed by atoms with Crippen molar-refractivity contribution in [2.45, 2.75) is 19.1 Å². The molecule has 148 valence electrons. The summed E-state index contributed by atoms with van der Waals surface area (Å²) in [5.74, 6) is -0.735. The lowest BCUT2D eigenvalue weighted by atomic mass is 9.94. The number of esters is 1. The molecule has 1 aromatic carbocycles. The molecule has 6 nitrogen and oxygen atoms in total. The number of nitrogens with one attached hydrogen (secondary N) is 1. The number of hydrogen-bond donors (Lipinski definition) is 1. The minimum Gasteiger partial charge on any atom is -0.466 e. The lowest BCUT2D eigenvalue weighted by Crippen LogP contribution is -2.48. The fraction of sp³-hybridized carbons (Fsp3) is 0.211. The molecular weight excluding hydrogens is 386 g/mol. The number of nitrogens with zero attached hydrogens (tertiary/aromatic N) is 2. The number of urea groups is 1. The normalized spacial score (nSPS) is 17.2. The van der Waals surface area contributed by atoms with E-state index < -0.39 is 29.8 Å². The molecule has 0 fully saturated rings. The van der Waals surface area contributed by atoms with Gasteiger partial charge in [-0.05, 0) is 36.3 Å². The number of pyridine rings is 1. The molecule has 2 aromatic rings. The van der Waals surface area contributed by atoms with Gasteiger partial charge in [-0.15, -0.1) is 0 Å². The molecule has 0 bridgehead atoms. The summed E-state index contributed by atoms with van der Waals surface area (Å²) in [6, 6.07) is 5.76. The molecule has 0 aliphatic carbocycles. The Labute approximate surface area is 165 Å². The monoisotopic (exact) mass is 401 g/mol. The van der Waals surface area contributed by atoms with Gasteiger partial charge in [-0.1, -0.05) is 18.2 Å². The molecule has 1 N–H and O–H groups in total. The highest BCUT2D eigenvalue weighted by Crippen LogP contribution is 2.36. The van der Waals surface area contributed by atoms with Gasteiger partial charge >= 0.3 is 18.2 Å². The number of carbonyl (C=O) groups is 2. The molecule has 2 radical (unpaired) electrons. The largest absolute Gasteiger partial charge is 0.466 e. The number of alkyl halides is 3. The van der Waals surface area contributed by atoms with Crippen molar-refractivity contribution in [1.29, 1.82) is 0 Å². The molecule has 3 rings (SSSR count). The Kier molecular flexibility index (Phi) is 5.37. The summed E-state index contributed by atoms with van der Waals surface area (Å²) < 4.78 is 44.1. The Balaban J connectivity index is 2.13. The highest BCUT2D eigenvalue weighted by Gasteiger charge is 2.38. The van der Waals surface area contributed by atoms with Crippen LogP contribution >= 0.6 is 0 Å². The predicted molar refractivity (Wildman–Crippen MR) is 99.5 cm³/mol. The maximum Gasteiger partial charge on any atom is 0.416 e. The third-order valence-corrected chi connectivity index (χ3v) is 4.46. The van der Waals surface area contributed by atoms with E-state index in [1.807, 2.05) is 0 Å². The zero-order chi connectivity index (χ0) is 21.3. The molecule has 2 amide bonds. The first-order valence-electron chi connectivity index (χ1n) is 8.42. The molecule has 0 saturated carbocycles. The maximum absolute atomic E-state index is 13.1. The number of halogens is 3. The minimum absolute atomic E-state index is 0.0369. The van der Waals surface area contributed by atoms with Crippen LogP contribution in [0.25, 0.3) is 0 Å². The van der Waals surface area contributed by atoms with Gasteiger partial charge < -0.3 is 10.1 Å². The van der Waals surface area contributed by atoms with Crippen LogP contribution in [0, 0.1) is 0 Å². The molecular formula is C19H15BF3N3O3. The van der Waals surface area contributed by atoms with Crippen molar-refractivity contribution < 1.29 is 27.5 Å². The summed E-state index contributed by atoms with van der Waals surface area (Å²) in [4.78, 5) is 30.2. The highest BCUT2D eigenvalue weighted by atomic mass is 19.4. The second-order valence-electron chi connectivity index (χ2n) is 6.27. The van der Waals surface area contributed by atoms with Crippen molar-refractivity contribution >= 4 is 31.1 Å². The van der Waals surface area contributed by atoms with Crippen LogP contribution < -0.4 is 15.8 Å². The Bertz CT molecular complexity index is 990. The standard InChI is InChI=1S/C19H15BF3N3O3/c1-10-15(17(27)29-2)16(11-6-7-14(20)24-9-11)25-18(28)26(10)13-5-3-4-12(8-13)19(21,22)23/h3-9,16H,1-2H3,(H,25,28). The zero-order valence-electron chi connectivity index (χ0n) is 15.4. The number of hydrogen-bond acceptors (Lipinski definition) is 4. The molecule has 29 heavy (non-hydrogen) atoms. The fourth-order valence-electron chi connectivity index (χ4n) is 3.09. The number of allylic oxidation sites excluding steroid dienone is 1. The molecule has 1 aliphatic rings. The van der Waals surface area contributed by atoms with Gasteiger partial charge in [0.05, 0.1) is 30.0 Å². The van der Waals surface area contributed by atoms with Crippen molar-refractivity contribution in [3.63, 3.8) is 0 Å². The van der Waals surface area contributed by atoms with Crippen LogP contribution in [0.4, 0.5) is 23.7 Å². The zero-order valence-corrected chi connectivity index (χ0v) is 15.4. The number of rotatable bonds is 3. The summed E-state index contributed by atoms with van der Waals surface area (Å²) in [6.07, 6.45) is -3.18. The number of methoxy groups -OCH3 is 1. The van der Waals surface area contributed by atoms with Gasteiger partial charge in [0.15, 0.2) is 0 Å². The van der Waals surface area contributed by atoms with E-state index in [-0.39, 0.29) is 22.6 Å². The molecule has 10 heteroatoms. The highest BCUT2D eigenvalue weighted by molar-refractivity contribution is 6.30. The average molecular weight is 401 g/mol. The second-order valence-corrected chi connectivity index (χ2v) is 6.27. The lowest BCUT2D eigenvalue weighted by Gasteiger charge is -2.35. The van der Waals surface area contributed by atoms with Gasteiger partial charge in [0, 0.05) is 11.9 Å². The molecule has 0 saturated heterocycles. The van der Waals surface area contributed by atoms with E-state index in [1.54, 1.807) is 6.07 Å². The van der Waals surface area contributed by atoms with Gasteiger partial charge in [-0.25, -0.2) is 9.59 Å². The van der Waals surface area contributed by atoms with Gasteiger partial charge in [0.25, 0.3) is 0 Å². The number of ether oxygens (including phenoxy) is 1. The van der Waals surface area contributed by atoms with E-state index in [2.05, 4.69) is 10.3 Å². The molecule has 1 unspecified atom stereocenters. The minimum atomic E-state index is -4.58. The van der Waals surface area contributed by atoms with E-state index in [1.165, 1.54) is 38.4 Å². The first kappa shape index (κ1) is 20.4. The first-order chi connectivity index (χ1) is 13.6. The van der Waals surface area contributed by atoms with Gasteiger partial charge in [-0.3, -0.25) is 9.88 Å². The Morgan fingerprint density at radius 2 is 2.00 bits per heavy atom. The van der Waals surface area contributed by atoms with Crippen LogP contribution in [0.3, 0.4) is 0 Å². The summed E-state index contributed by atoms with van der Waals surface area (Å²) in [5, 5.41) is 2.62. The lowest BCUT2D eigenvalue weighted by molar-refractivity contribution is -0.138. The first-order valence-corrected chi connectivity index (χ1v) is 8.42. The second kappa shape index (κ2) is 7.61. The third kappa shape index (κ3) is 3.96. The summed E-state index contributed by atoms with van der Waals surface area (Å²) in [6.45, 7) is 1.46. The number of benzene rings is 1.